The standard InChI is InChI=1S/C11H14F3N3.C5H10O2/c1-8-6-15-4-5-17(8)10-3-2-9(7-16-10)11(12,13)14;1-5(2,3)7-4-6/h2-3,7-8,15H,4-6H2,1H3;4H,1-3H3. The lowest BCUT2D eigenvalue weighted by atomic mass is 10.2. The SMILES string of the molecule is CC(C)(C)OC=O.CC1CNCCN1c1ccc(C(F)(F)F)cn1. The number of alkyl halides is 3. The summed E-state index contributed by atoms with van der Waals surface area (Å²) < 4.78 is 41.7. The summed E-state index contributed by atoms with van der Waals surface area (Å²) in [5, 5.41) is 3.22. The van der Waals surface area contributed by atoms with Crippen molar-refractivity contribution < 1.29 is 22.7 Å². The Balaban J connectivity index is 0.000000351. The summed E-state index contributed by atoms with van der Waals surface area (Å²) in [6.07, 6.45) is -3.43. The summed E-state index contributed by atoms with van der Waals surface area (Å²) in [6.45, 7) is 10.4. The smallest absolute Gasteiger partial charge is 0.417 e. The fourth-order valence-corrected chi connectivity index (χ4v) is 2.05. The Labute approximate surface area is 140 Å². The normalized spacial score (nSPS) is 18.5. The van der Waals surface area contributed by atoms with E-state index in [2.05, 4.69) is 15.0 Å². The highest BCUT2D eigenvalue weighted by atomic mass is 19.4. The molecule has 0 aromatic carbocycles. The van der Waals surface area contributed by atoms with E-state index in [9.17, 15) is 18.0 Å². The van der Waals surface area contributed by atoms with Crippen molar-refractivity contribution in [2.24, 2.45) is 0 Å². The van der Waals surface area contributed by atoms with Gasteiger partial charge >= 0.3 is 6.18 Å². The maximum absolute atomic E-state index is 12.4. The first-order valence-corrected chi connectivity index (χ1v) is 7.66. The maximum atomic E-state index is 12.4. The van der Waals surface area contributed by atoms with Crippen LogP contribution in [-0.2, 0) is 15.7 Å². The van der Waals surface area contributed by atoms with Gasteiger partial charge in [0.15, 0.2) is 0 Å². The zero-order chi connectivity index (χ0) is 18.4. The van der Waals surface area contributed by atoms with E-state index in [1.54, 1.807) is 0 Å². The molecule has 1 fully saturated rings. The van der Waals surface area contributed by atoms with Crippen LogP contribution in [0.1, 0.15) is 33.3 Å². The quantitative estimate of drug-likeness (QED) is 0.834. The van der Waals surface area contributed by atoms with Gasteiger partial charge in [-0.3, -0.25) is 4.79 Å². The zero-order valence-corrected chi connectivity index (χ0v) is 14.4. The number of hydrogen-bond acceptors (Lipinski definition) is 5. The number of aromatic nitrogens is 1. The van der Waals surface area contributed by atoms with Gasteiger partial charge in [-0.2, -0.15) is 13.2 Å². The lowest BCUT2D eigenvalue weighted by Crippen LogP contribution is -2.50. The lowest BCUT2D eigenvalue weighted by Gasteiger charge is -2.34. The van der Waals surface area contributed by atoms with Gasteiger partial charge in [0.25, 0.3) is 6.47 Å². The number of anilines is 1. The molecule has 1 unspecified atom stereocenters. The van der Waals surface area contributed by atoms with Crippen molar-refractivity contribution in [3.8, 4) is 0 Å². The zero-order valence-electron chi connectivity index (χ0n) is 14.4. The summed E-state index contributed by atoms with van der Waals surface area (Å²) in [4.78, 5) is 15.5. The predicted octanol–water partition coefficient (Wildman–Crippen LogP) is 2.86. The van der Waals surface area contributed by atoms with Crippen molar-refractivity contribution in [3.05, 3.63) is 23.9 Å². The van der Waals surface area contributed by atoms with Crippen LogP contribution in [0, 0.1) is 0 Å². The topological polar surface area (TPSA) is 54.5 Å². The fraction of sp³-hybridized carbons (Fsp3) is 0.625. The fourth-order valence-electron chi connectivity index (χ4n) is 2.05. The molecule has 0 bridgehead atoms. The number of rotatable bonds is 2. The van der Waals surface area contributed by atoms with Gasteiger partial charge in [0.2, 0.25) is 0 Å². The molecular formula is C16H24F3N3O2. The van der Waals surface area contributed by atoms with Crippen LogP contribution in [0.15, 0.2) is 18.3 Å². The van der Waals surface area contributed by atoms with Crippen molar-refractivity contribution in [1.29, 1.82) is 0 Å². The first-order valence-electron chi connectivity index (χ1n) is 7.66. The number of halogens is 3. The summed E-state index contributed by atoms with van der Waals surface area (Å²) in [6, 6.07) is 2.76. The van der Waals surface area contributed by atoms with Crippen molar-refractivity contribution in [1.82, 2.24) is 10.3 Å². The van der Waals surface area contributed by atoms with Crippen LogP contribution in [0.5, 0.6) is 0 Å². The van der Waals surface area contributed by atoms with E-state index in [0.717, 1.165) is 31.9 Å². The molecule has 8 heteroatoms. The van der Waals surface area contributed by atoms with E-state index in [0.29, 0.717) is 12.3 Å². The third kappa shape index (κ3) is 6.74. The van der Waals surface area contributed by atoms with Crippen LogP contribution in [0.2, 0.25) is 0 Å². The molecule has 1 aliphatic heterocycles. The highest BCUT2D eigenvalue weighted by molar-refractivity contribution is 5.41. The molecule has 1 aromatic heterocycles. The number of nitrogens with one attached hydrogen (secondary N) is 1. The number of ether oxygens (including phenoxy) is 1. The molecule has 0 aliphatic carbocycles. The van der Waals surface area contributed by atoms with Crippen LogP contribution >= 0.6 is 0 Å². The van der Waals surface area contributed by atoms with Crippen molar-refractivity contribution >= 4 is 12.3 Å². The molecule has 2 rings (SSSR count). The number of carbonyl (C=O) groups is 1. The van der Waals surface area contributed by atoms with Gasteiger partial charge in [-0.1, -0.05) is 0 Å². The Hall–Kier alpha value is -1.83. The molecule has 1 aliphatic rings. The highest BCUT2D eigenvalue weighted by Gasteiger charge is 2.31. The summed E-state index contributed by atoms with van der Waals surface area (Å²) in [5.74, 6) is 0.604. The molecule has 5 nitrogen and oxygen atoms in total. The van der Waals surface area contributed by atoms with Gasteiger partial charge in [-0.05, 0) is 39.8 Å². The Bertz CT molecular complexity index is 513. The van der Waals surface area contributed by atoms with E-state index in [1.165, 1.54) is 6.07 Å². The van der Waals surface area contributed by atoms with E-state index in [-0.39, 0.29) is 11.6 Å². The van der Waals surface area contributed by atoms with Crippen LogP contribution in [0.3, 0.4) is 0 Å². The number of nitrogens with zero attached hydrogens (tertiary/aromatic N) is 2. The van der Waals surface area contributed by atoms with Crippen LogP contribution in [0.4, 0.5) is 19.0 Å². The van der Waals surface area contributed by atoms with Crippen molar-refractivity contribution in [2.45, 2.75) is 45.5 Å². The molecular weight excluding hydrogens is 323 g/mol. The average Bonchev–Trinajstić information content (AvgIpc) is 2.46. The molecule has 1 N–H and O–H groups in total. The molecule has 1 atom stereocenters. The highest BCUT2D eigenvalue weighted by Crippen LogP contribution is 2.29. The predicted molar refractivity (Wildman–Crippen MR) is 85.8 cm³/mol. The molecule has 2 heterocycles. The average molecular weight is 347 g/mol. The first kappa shape index (κ1) is 20.2. The molecule has 0 radical (unpaired) electrons. The van der Waals surface area contributed by atoms with E-state index >= 15 is 0 Å². The second-order valence-corrected chi connectivity index (χ2v) is 6.48. The summed E-state index contributed by atoms with van der Waals surface area (Å²) >= 11 is 0. The number of carbonyl (C=O) groups excluding carboxylic acids is 1. The Morgan fingerprint density at radius 1 is 1.33 bits per heavy atom. The Kier molecular flexibility index (Phi) is 7.01. The molecule has 0 saturated carbocycles. The molecule has 24 heavy (non-hydrogen) atoms. The molecule has 136 valence electrons. The van der Waals surface area contributed by atoms with Gasteiger partial charge < -0.3 is 15.0 Å². The Morgan fingerprint density at radius 2 is 2.00 bits per heavy atom. The summed E-state index contributed by atoms with van der Waals surface area (Å²) in [7, 11) is 0. The van der Waals surface area contributed by atoms with E-state index in [1.807, 2.05) is 32.6 Å². The van der Waals surface area contributed by atoms with Gasteiger partial charge in [-0.15, -0.1) is 0 Å². The second kappa shape index (κ2) is 8.32. The summed E-state index contributed by atoms with van der Waals surface area (Å²) in [5.41, 5.74) is -1.02. The molecule has 0 amide bonds. The van der Waals surface area contributed by atoms with E-state index in [4.69, 9.17) is 0 Å². The molecule has 0 spiro atoms. The minimum Gasteiger partial charge on any atom is -0.462 e. The minimum absolute atomic E-state index is 0.244. The van der Waals surface area contributed by atoms with Gasteiger partial charge in [-0.25, -0.2) is 4.98 Å². The minimum atomic E-state index is -4.32. The van der Waals surface area contributed by atoms with E-state index < -0.39 is 11.7 Å². The van der Waals surface area contributed by atoms with Crippen LogP contribution < -0.4 is 10.2 Å². The van der Waals surface area contributed by atoms with Gasteiger partial charge in [0, 0.05) is 31.9 Å². The Morgan fingerprint density at radius 3 is 2.38 bits per heavy atom. The van der Waals surface area contributed by atoms with Crippen molar-refractivity contribution in [2.75, 3.05) is 24.5 Å². The number of pyridine rings is 1. The molecule has 1 aromatic rings. The molecule has 1 saturated heterocycles. The van der Waals surface area contributed by atoms with Gasteiger partial charge in [0.1, 0.15) is 11.4 Å². The first-order chi connectivity index (χ1) is 11.0. The van der Waals surface area contributed by atoms with Crippen LogP contribution in [-0.4, -0.2) is 42.7 Å². The largest absolute Gasteiger partial charge is 0.462 e. The van der Waals surface area contributed by atoms with Gasteiger partial charge in [0.05, 0.1) is 5.56 Å². The number of hydrogen-bond donors (Lipinski definition) is 1. The third-order valence-corrected chi connectivity index (χ3v) is 3.27. The van der Waals surface area contributed by atoms with Crippen molar-refractivity contribution in [3.63, 3.8) is 0 Å². The second-order valence-electron chi connectivity index (χ2n) is 6.48. The maximum Gasteiger partial charge on any atom is 0.417 e. The lowest BCUT2D eigenvalue weighted by molar-refractivity contribution is -0.139. The van der Waals surface area contributed by atoms with Crippen LogP contribution in [0.25, 0.3) is 0 Å². The number of piperazine rings is 1. The monoisotopic (exact) mass is 347 g/mol. The third-order valence-electron chi connectivity index (χ3n) is 3.27.